The van der Waals surface area contributed by atoms with E-state index < -0.39 is 6.43 Å². The van der Waals surface area contributed by atoms with E-state index in [1.165, 1.54) is 6.07 Å². The molecular formula is C9H5ClF2S2. The summed E-state index contributed by atoms with van der Waals surface area (Å²) >= 11 is 11.1. The van der Waals surface area contributed by atoms with Gasteiger partial charge in [0, 0.05) is 15.0 Å². The fourth-order valence-electron chi connectivity index (χ4n) is 1.21. The molecule has 0 fully saturated rings. The van der Waals surface area contributed by atoms with Gasteiger partial charge in [0.05, 0.1) is 9.90 Å². The van der Waals surface area contributed by atoms with Gasteiger partial charge >= 0.3 is 0 Å². The van der Waals surface area contributed by atoms with Crippen molar-refractivity contribution in [2.24, 2.45) is 0 Å². The highest BCUT2D eigenvalue weighted by Crippen LogP contribution is 2.37. The van der Waals surface area contributed by atoms with Crippen LogP contribution in [0.2, 0.25) is 5.02 Å². The predicted octanol–water partition coefficient (Wildman–Crippen LogP) is 4.78. The molecule has 1 aromatic heterocycles. The molecule has 0 bridgehead atoms. The molecule has 2 aromatic rings. The van der Waals surface area contributed by atoms with Crippen LogP contribution in [0.4, 0.5) is 8.78 Å². The van der Waals surface area contributed by atoms with Gasteiger partial charge in [0.25, 0.3) is 6.43 Å². The Morgan fingerprint density at radius 2 is 2.00 bits per heavy atom. The number of benzene rings is 1. The molecule has 1 heterocycles. The molecule has 0 saturated carbocycles. The number of alkyl halides is 2. The summed E-state index contributed by atoms with van der Waals surface area (Å²) in [7, 11) is 0. The van der Waals surface area contributed by atoms with Crippen molar-refractivity contribution >= 4 is 45.7 Å². The Balaban J connectivity index is 2.70. The maximum absolute atomic E-state index is 12.4. The molecule has 5 heteroatoms. The topological polar surface area (TPSA) is 0 Å². The number of hydrogen-bond donors (Lipinski definition) is 1. The maximum atomic E-state index is 12.4. The Morgan fingerprint density at radius 3 is 2.64 bits per heavy atom. The zero-order chi connectivity index (χ0) is 10.3. The minimum absolute atomic E-state index is 0.0424. The second-order valence-corrected chi connectivity index (χ2v) is 4.83. The van der Waals surface area contributed by atoms with Gasteiger partial charge in [-0.15, -0.1) is 24.0 Å². The lowest BCUT2D eigenvalue weighted by Gasteiger charge is -1.94. The normalized spacial score (nSPS) is 11.5. The van der Waals surface area contributed by atoms with Crippen molar-refractivity contribution in [1.82, 2.24) is 0 Å². The van der Waals surface area contributed by atoms with Crippen molar-refractivity contribution in [3.8, 4) is 0 Å². The van der Waals surface area contributed by atoms with E-state index in [0.717, 1.165) is 16.0 Å². The molecule has 0 aliphatic rings. The molecule has 0 radical (unpaired) electrons. The number of rotatable bonds is 1. The van der Waals surface area contributed by atoms with Crippen LogP contribution in [-0.2, 0) is 0 Å². The first kappa shape index (κ1) is 10.2. The van der Waals surface area contributed by atoms with Crippen LogP contribution in [0.25, 0.3) is 10.1 Å². The lowest BCUT2D eigenvalue weighted by atomic mass is 10.2. The average molecular weight is 251 g/mol. The Kier molecular flexibility index (Phi) is 2.68. The van der Waals surface area contributed by atoms with Gasteiger partial charge in [0.1, 0.15) is 0 Å². The van der Waals surface area contributed by atoms with E-state index in [1.54, 1.807) is 12.1 Å². The number of thiol groups is 1. The smallest absolute Gasteiger partial charge is 0.204 e. The number of hydrogen-bond acceptors (Lipinski definition) is 2. The molecule has 2 rings (SSSR count). The van der Waals surface area contributed by atoms with Crippen molar-refractivity contribution in [2.45, 2.75) is 11.3 Å². The van der Waals surface area contributed by atoms with E-state index in [4.69, 9.17) is 11.6 Å². The second kappa shape index (κ2) is 3.68. The standard InChI is InChI=1S/C9H5ClF2S2/c10-6-1-4(13)2-7-5(6)3-8(14-7)9(11)12/h1-3,9,13H. The number of fused-ring (bicyclic) bond motifs is 1. The van der Waals surface area contributed by atoms with E-state index >= 15 is 0 Å². The zero-order valence-electron chi connectivity index (χ0n) is 6.80. The number of halogens is 3. The lowest BCUT2D eigenvalue weighted by Crippen LogP contribution is -1.72. The molecular weight excluding hydrogens is 246 g/mol. The highest BCUT2D eigenvalue weighted by Gasteiger charge is 2.13. The highest BCUT2D eigenvalue weighted by atomic mass is 35.5. The Bertz CT molecular complexity index is 479. The fraction of sp³-hybridized carbons (Fsp3) is 0.111. The first-order valence-electron chi connectivity index (χ1n) is 3.78. The summed E-state index contributed by atoms with van der Waals surface area (Å²) in [5.74, 6) is 0. The van der Waals surface area contributed by atoms with Crippen LogP contribution in [0.3, 0.4) is 0 Å². The first-order valence-corrected chi connectivity index (χ1v) is 5.42. The molecule has 14 heavy (non-hydrogen) atoms. The molecule has 0 saturated heterocycles. The van der Waals surface area contributed by atoms with Gasteiger partial charge in [-0.3, -0.25) is 0 Å². The minimum atomic E-state index is -2.44. The van der Waals surface area contributed by atoms with Gasteiger partial charge in [-0.05, 0) is 18.2 Å². The summed E-state index contributed by atoms with van der Waals surface area (Å²) in [5, 5.41) is 1.14. The van der Waals surface area contributed by atoms with Crippen LogP contribution >= 0.6 is 35.6 Å². The maximum Gasteiger partial charge on any atom is 0.272 e. The molecule has 0 spiro atoms. The quantitative estimate of drug-likeness (QED) is 0.692. The lowest BCUT2D eigenvalue weighted by molar-refractivity contribution is 0.156. The van der Waals surface area contributed by atoms with Crippen LogP contribution in [-0.4, -0.2) is 0 Å². The largest absolute Gasteiger partial charge is 0.272 e. The Hall–Kier alpha value is -0.320. The molecule has 0 aliphatic carbocycles. The molecule has 0 aliphatic heterocycles. The van der Waals surface area contributed by atoms with Crippen LogP contribution in [0.15, 0.2) is 23.1 Å². The third kappa shape index (κ3) is 1.74. The third-order valence-electron chi connectivity index (χ3n) is 1.81. The minimum Gasteiger partial charge on any atom is -0.204 e. The van der Waals surface area contributed by atoms with Crippen molar-refractivity contribution < 1.29 is 8.78 Å². The Labute approximate surface area is 93.9 Å². The predicted molar refractivity (Wildman–Crippen MR) is 59.0 cm³/mol. The second-order valence-electron chi connectivity index (χ2n) is 2.79. The molecule has 1 aromatic carbocycles. The third-order valence-corrected chi connectivity index (χ3v) is 3.47. The van der Waals surface area contributed by atoms with Gasteiger partial charge in [-0.1, -0.05) is 11.6 Å². The van der Waals surface area contributed by atoms with Gasteiger partial charge in [0.15, 0.2) is 0 Å². The van der Waals surface area contributed by atoms with Crippen LogP contribution in [0, 0.1) is 0 Å². The van der Waals surface area contributed by atoms with Gasteiger partial charge in [-0.25, -0.2) is 8.78 Å². The molecule has 0 unspecified atom stereocenters. The van der Waals surface area contributed by atoms with Gasteiger partial charge in [-0.2, -0.15) is 0 Å². The van der Waals surface area contributed by atoms with Crippen LogP contribution in [0.5, 0.6) is 0 Å². The highest BCUT2D eigenvalue weighted by molar-refractivity contribution is 7.80. The van der Waals surface area contributed by atoms with Crippen molar-refractivity contribution in [3.05, 3.63) is 28.1 Å². The zero-order valence-corrected chi connectivity index (χ0v) is 9.27. The van der Waals surface area contributed by atoms with Crippen LogP contribution < -0.4 is 0 Å². The van der Waals surface area contributed by atoms with Crippen molar-refractivity contribution in [1.29, 1.82) is 0 Å². The van der Waals surface area contributed by atoms with Gasteiger partial charge < -0.3 is 0 Å². The summed E-state index contributed by atoms with van der Waals surface area (Å²) in [6, 6.07) is 4.82. The molecule has 0 amide bonds. The number of thiophene rings is 1. The summed E-state index contributed by atoms with van der Waals surface area (Å²) < 4.78 is 25.5. The SMILES string of the molecule is FC(F)c1cc2c(Cl)cc(S)cc2s1. The molecule has 0 atom stereocenters. The van der Waals surface area contributed by atoms with Crippen LogP contribution in [0.1, 0.15) is 11.3 Å². The summed E-state index contributed by atoms with van der Waals surface area (Å²) in [4.78, 5) is 0.728. The van der Waals surface area contributed by atoms with E-state index in [0.29, 0.717) is 15.3 Å². The van der Waals surface area contributed by atoms with Gasteiger partial charge in [0.2, 0.25) is 0 Å². The van der Waals surface area contributed by atoms with E-state index in [-0.39, 0.29) is 4.88 Å². The summed E-state index contributed by atoms with van der Waals surface area (Å²) in [5.41, 5.74) is 0. The first-order chi connectivity index (χ1) is 6.58. The molecule has 74 valence electrons. The molecule has 0 nitrogen and oxygen atoms in total. The van der Waals surface area contributed by atoms with E-state index in [1.807, 2.05) is 0 Å². The monoisotopic (exact) mass is 250 g/mol. The summed E-state index contributed by atoms with van der Waals surface area (Å²) in [6.45, 7) is 0. The molecule has 0 N–H and O–H groups in total. The average Bonchev–Trinajstić information content (AvgIpc) is 2.47. The van der Waals surface area contributed by atoms with E-state index in [2.05, 4.69) is 12.6 Å². The Morgan fingerprint density at radius 1 is 1.29 bits per heavy atom. The van der Waals surface area contributed by atoms with E-state index in [9.17, 15) is 8.78 Å². The van der Waals surface area contributed by atoms with Crippen molar-refractivity contribution in [2.75, 3.05) is 0 Å². The fourth-order valence-corrected chi connectivity index (χ4v) is 2.95. The van der Waals surface area contributed by atoms with Crippen molar-refractivity contribution in [3.63, 3.8) is 0 Å². The summed E-state index contributed by atoms with van der Waals surface area (Å²) in [6.07, 6.45) is -2.44.